The zero-order chi connectivity index (χ0) is 22.4. The quantitative estimate of drug-likeness (QED) is 0.269. The third-order valence-electron chi connectivity index (χ3n) is 6.23. The topological polar surface area (TPSA) is 7.76 Å². The van der Waals surface area contributed by atoms with Crippen molar-refractivity contribution in [2.24, 2.45) is 0 Å². The molecule has 0 spiro atoms. The van der Waals surface area contributed by atoms with E-state index in [2.05, 4.69) is 96.3 Å². The lowest BCUT2D eigenvalue weighted by Gasteiger charge is -2.05. The molecule has 0 N–H and O–H groups in total. The summed E-state index contributed by atoms with van der Waals surface area (Å²) in [5.41, 5.74) is 5.87. The molecule has 0 saturated heterocycles. The molecule has 0 aliphatic carbocycles. The van der Waals surface area contributed by atoms with Crippen molar-refractivity contribution in [3.63, 3.8) is 0 Å². The SMILES string of the molecule is CCCCc1ccc[n+](CCCc2cccc(CCC[n+]3cccc(CCCC)c3)c2)c1. The molecule has 1 aromatic carbocycles. The summed E-state index contributed by atoms with van der Waals surface area (Å²) in [6.45, 7) is 6.70. The number of pyridine rings is 2. The number of rotatable bonds is 14. The Hall–Kier alpha value is -2.48. The fourth-order valence-electron chi connectivity index (χ4n) is 4.36. The predicted octanol–water partition coefficient (Wildman–Crippen LogP) is 6.21. The van der Waals surface area contributed by atoms with Crippen molar-refractivity contribution in [3.8, 4) is 0 Å². The highest BCUT2D eigenvalue weighted by Gasteiger charge is 2.06. The van der Waals surface area contributed by atoms with Gasteiger partial charge in [0.15, 0.2) is 24.8 Å². The predicted molar refractivity (Wildman–Crippen MR) is 134 cm³/mol. The first-order valence-corrected chi connectivity index (χ1v) is 12.8. The third-order valence-corrected chi connectivity index (χ3v) is 6.23. The lowest BCUT2D eigenvalue weighted by Crippen LogP contribution is -2.33. The molecule has 0 unspecified atom stereocenters. The number of hydrogen-bond acceptors (Lipinski definition) is 0. The van der Waals surface area contributed by atoms with Crippen molar-refractivity contribution in [1.29, 1.82) is 0 Å². The first kappa shape index (κ1) is 24.2. The summed E-state index contributed by atoms with van der Waals surface area (Å²) in [5, 5.41) is 0. The van der Waals surface area contributed by atoms with Crippen molar-refractivity contribution < 1.29 is 9.13 Å². The Labute approximate surface area is 196 Å². The number of aromatic nitrogens is 2. The standard InChI is InChI=1S/C30H42N2/c1-3-5-12-29-18-10-22-31(25-29)20-8-16-27-14-7-15-28(24-27)17-9-21-32-23-11-19-30(26-32)13-6-4-2/h7,10-11,14-15,18-19,22-26H,3-6,8-9,12-13,16-17,20-21H2,1-2H3/q+2. The number of aryl methyl sites for hydroxylation is 6. The Morgan fingerprint density at radius 3 is 1.44 bits per heavy atom. The van der Waals surface area contributed by atoms with Crippen LogP contribution in [0.25, 0.3) is 0 Å². The molecular formula is C30H42N2+2. The first-order valence-electron chi connectivity index (χ1n) is 12.8. The number of nitrogens with zero attached hydrogens (tertiary/aromatic N) is 2. The maximum absolute atomic E-state index is 2.42. The second kappa shape index (κ2) is 13.8. The van der Waals surface area contributed by atoms with Crippen LogP contribution in [0.1, 0.15) is 74.6 Å². The summed E-state index contributed by atoms with van der Waals surface area (Å²) in [6, 6.07) is 18.2. The van der Waals surface area contributed by atoms with Gasteiger partial charge in [-0.2, -0.15) is 0 Å². The van der Waals surface area contributed by atoms with Crippen LogP contribution in [0.4, 0.5) is 0 Å². The highest BCUT2D eigenvalue weighted by molar-refractivity contribution is 5.23. The fourth-order valence-corrected chi connectivity index (χ4v) is 4.36. The largest absolute Gasteiger partial charge is 0.205 e. The Morgan fingerprint density at radius 2 is 0.969 bits per heavy atom. The van der Waals surface area contributed by atoms with Gasteiger partial charge in [-0.25, -0.2) is 9.13 Å². The van der Waals surface area contributed by atoms with E-state index in [4.69, 9.17) is 0 Å². The summed E-state index contributed by atoms with van der Waals surface area (Å²) in [7, 11) is 0. The zero-order valence-electron chi connectivity index (χ0n) is 20.3. The second-order valence-electron chi connectivity index (χ2n) is 9.13. The monoisotopic (exact) mass is 430 g/mol. The first-order chi connectivity index (χ1) is 15.8. The molecule has 0 fully saturated rings. The molecule has 0 radical (unpaired) electrons. The van der Waals surface area contributed by atoms with Gasteiger partial charge >= 0.3 is 0 Å². The van der Waals surface area contributed by atoms with Gasteiger partial charge < -0.3 is 0 Å². The highest BCUT2D eigenvalue weighted by Crippen LogP contribution is 2.10. The van der Waals surface area contributed by atoms with E-state index in [0.29, 0.717) is 0 Å². The Kier molecular flexibility index (Phi) is 10.4. The van der Waals surface area contributed by atoms with Gasteiger partial charge in [0.2, 0.25) is 0 Å². The van der Waals surface area contributed by atoms with Gasteiger partial charge in [0.25, 0.3) is 0 Å². The molecule has 2 heteroatoms. The van der Waals surface area contributed by atoms with Crippen LogP contribution in [0.2, 0.25) is 0 Å². The van der Waals surface area contributed by atoms with Crippen LogP contribution in [0, 0.1) is 0 Å². The third kappa shape index (κ3) is 8.57. The van der Waals surface area contributed by atoms with Crippen LogP contribution in [-0.2, 0) is 38.8 Å². The van der Waals surface area contributed by atoms with Gasteiger partial charge in [-0.05, 0) is 61.8 Å². The summed E-state index contributed by atoms with van der Waals surface area (Å²) < 4.78 is 4.72. The van der Waals surface area contributed by atoms with E-state index in [9.17, 15) is 0 Å². The summed E-state index contributed by atoms with van der Waals surface area (Å²) in [4.78, 5) is 0. The normalized spacial score (nSPS) is 11.1. The molecule has 2 heterocycles. The lowest BCUT2D eigenvalue weighted by atomic mass is 10.0. The van der Waals surface area contributed by atoms with Gasteiger partial charge in [0.05, 0.1) is 0 Å². The molecule has 32 heavy (non-hydrogen) atoms. The fraction of sp³-hybridized carbons (Fsp3) is 0.467. The van der Waals surface area contributed by atoms with E-state index < -0.39 is 0 Å². The minimum Gasteiger partial charge on any atom is -0.205 e. The van der Waals surface area contributed by atoms with Crippen molar-refractivity contribution >= 4 is 0 Å². The molecule has 3 rings (SSSR count). The zero-order valence-corrected chi connectivity index (χ0v) is 20.3. The highest BCUT2D eigenvalue weighted by atomic mass is 14.9. The van der Waals surface area contributed by atoms with Crippen molar-refractivity contribution in [3.05, 3.63) is 95.6 Å². The molecule has 2 aromatic heterocycles. The maximum atomic E-state index is 2.42. The maximum Gasteiger partial charge on any atom is 0.171 e. The average molecular weight is 431 g/mol. The van der Waals surface area contributed by atoms with Crippen LogP contribution in [0.15, 0.2) is 73.3 Å². The molecular weight excluding hydrogens is 388 g/mol. The number of hydrogen-bond donors (Lipinski definition) is 0. The Balaban J connectivity index is 1.43. The number of benzene rings is 1. The van der Waals surface area contributed by atoms with E-state index in [-0.39, 0.29) is 0 Å². The van der Waals surface area contributed by atoms with E-state index in [0.717, 1.165) is 25.9 Å². The molecule has 0 amide bonds. The van der Waals surface area contributed by atoms with Gasteiger partial charge in [-0.15, -0.1) is 0 Å². The van der Waals surface area contributed by atoms with Crippen LogP contribution in [0.3, 0.4) is 0 Å². The molecule has 0 aliphatic heterocycles. The average Bonchev–Trinajstić information content (AvgIpc) is 2.82. The molecule has 0 atom stereocenters. The lowest BCUT2D eigenvalue weighted by molar-refractivity contribution is -0.697. The van der Waals surface area contributed by atoms with Crippen molar-refractivity contribution in [2.45, 2.75) is 91.1 Å². The van der Waals surface area contributed by atoms with E-state index in [1.54, 1.807) is 0 Å². The van der Waals surface area contributed by atoms with E-state index in [1.165, 1.54) is 73.6 Å². The molecule has 170 valence electrons. The summed E-state index contributed by atoms with van der Waals surface area (Å²) in [5.74, 6) is 0. The summed E-state index contributed by atoms with van der Waals surface area (Å²) in [6.07, 6.45) is 21.2. The van der Waals surface area contributed by atoms with Gasteiger partial charge in [0.1, 0.15) is 13.1 Å². The van der Waals surface area contributed by atoms with Crippen molar-refractivity contribution in [2.75, 3.05) is 0 Å². The number of unbranched alkanes of at least 4 members (excludes halogenated alkanes) is 2. The minimum absolute atomic E-state index is 1.09. The van der Waals surface area contributed by atoms with E-state index in [1.807, 2.05) is 0 Å². The van der Waals surface area contributed by atoms with Gasteiger partial charge in [0, 0.05) is 36.1 Å². The van der Waals surface area contributed by atoms with Gasteiger partial charge in [-0.1, -0.05) is 51.0 Å². The van der Waals surface area contributed by atoms with Crippen LogP contribution in [0.5, 0.6) is 0 Å². The molecule has 0 saturated carbocycles. The van der Waals surface area contributed by atoms with E-state index >= 15 is 0 Å². The second-order valence-corrected chi connectivity index (χ2v) is 9.13. The van der Waals surface area contributed by atoms with Gasteiger partial charge in [-0.3, -0.25) is 0 Å². The van der Waals surface area contributed by atoms with Crippen LogP contribution < -0.4 is 9.13 Å². The van der Waals surface area contributed by atoms with Crippen molar-refractivity contribution in [1.82, 2.24) is 0 Å². The minimum atomic E-state index is 1.09. The summed E-state index contributed by atoms with van der Waals surface area (Å²) >= 11 is 0. The Morgan fingerprint density at radius 1 is 0.531 bits per heavy atom. The molecule has 3 aromatic rings. The molecule has 0 bridgehead atoms. The Bertz CT molecular complexity index is 859. The van der Waals surface area contributed by atoms with Crippen LogP contribution >= 0.6 is 0 Å². The molecule has 2 nitrogen and oxygen atoms in total. The molecule has 0 aliphatic rings. The van der Waals surface area contributed by atoms with Crippen LogP contribution in [-0.4, -0.2) is 0 Å². The smallest absolute Gasteiger partial charge is 0.171 e.